The van der Waals surface area contributed by atoms with Gasteiger partial charge in [0, 0.05) is 17.2 Å². The molecule has 5 heteroatoms. The molecule has 1 aromatic heterocycles. The molecule has 0 aliphatic carbocycles. The zero-order valence-electron chi connectivity index (χ0n) is 16.7. The lowest BCUT2D eigenvalue weighted by atomic mass is 9.95. The van der Waals surface area contributed by atoms with Crippen LogP contribution in [0.3, 0.4) is 0 Å². The first kappa shape index (κ1) is 20.2. The molecule has 31 heavy (non-hydrogen) atoms. The maximum atomic E-state index is 11.6. The number of para-hydroxylation sites is 1. The van der Waals surface area contributed by atoms with Gasteiger partial charge in [0.25, 0.3) is 5.91 Å². The number of rotatable bonds is 4. The lowest BCUT2D eigenvalue weighted by molar-refractivity contribution is -0.138. The second kappa shape index (κ2) is 9.13. The number of fused-ring (bicyclic) bond motifs is 2. The van der Waals surface area contributed by atoms with Crippen LogP contribution in [0, 0.1) is 0 Å². The van der Waals surface area contributed by atoms with Crippen molar-refractivity contribution in [3.05, 3.63) is 113 Å². The Hall–Kier alpha value is -4.12. The second-order valence-electron chi connectivity index (χ2n) is 7.16. The lowest BCUT2D eigenvalue weighted by Crippen LogP contribution is -2.15. The number of carbonyl (C=O) groups is 2. The van der Waals surface area contributed by atoms with Crippen LogP contribution in [0.2, 0.25) is 0 Å². The van der Waals surface area contributed by atoms with Crippen LogP contribution in [-0.4, -0.2) is 28.2 Å². The van der Waals surface area contributed by atoms with Crippen LogP contribution in [0.15, 0.2) is 96.0 Å². The Kier molecular flexibility index (Phi) is 5.94. The van der Waals surface area contributed by atoms with Gasteiger partial charge >= 0.3 is 5.97 Å². The first-order valence-electron chi connectivity index (χ1n) is 9.91. The van der Waals surface area contributed by atoms with Crippen LogP contribution in [-0.2, 0) is 11.2 Å². The molecule has 0 radical (unpaired) electrons. The summed E-state index contributed by atoms with van der Waals surface area (Å²) in [6, 6.07) is 28.5. The number of hydrogen-bond donors (Lipinski definition) is 1. The number of carboxylic acids is 1. The third-order valence-corrected chi connectivity index (χ3v) is 5.07. The van der Waals surface area contributed by atoms with E-state index < -0.39 is 11.9 Å². The van der Waals surface area contributed by atoms with Gasteiger partial charge in [0.1, 0.15) is 5.92 Å². The minimum absolute atomic E-state index is 0.129. The summed E-state index contributed by atoms with van der Waals surface area (Å²) in [5, 5.41) is 10.5. The number of carbonyl (C=O) groups excluding carboxylic acids is 1. The van der Waals surface area contributed by atoms with Crippen molar-refractivity contribution in [2.75, 3.05) is 0 Å². The fourth-order valence-electron chi connectivity index (χ4n) is 3.45. The summed E-state index contributed by atoms with van der Waals surface area (Å²) in [7, 11) is 0. The van der Waals surface area contributed by atoms with E-state index in [1.165, 1.54) is 0 Å². The first-order chi connectivity index (χ1) is 15.1. The van der Waals surface area contributed by atoms with Crippen LogP contribution < -0.4 is 0 Å². The van der Waals surface area contributed by atoms with Crippen LogP contribution in [0.1, 0.15) is 33.1 Å². The van der Waals surface area contributed by atoms with Crippen molar-refractivity contribution in [1.29, 1.82) is 0 Å². The molecular formula is C26H20N2O3. The van der Waals surface area contributed by atoms with E-state index in [4.69, 9.17) is 0 Å². The predicted molar refractivity (Wildman–Crippen MR) is 121 cm³/mol. The molecule has 5 rings (SSSR count). The van der Waals surface area contributed by atoms with Gasteiger partial charge in [0.2, 0.25) is 0 Å². The highest BCUT2D eigenvalue weighted by Gasteiger charge is 2.22. The van der Waals surface area contributed by atoms with Crippen molar-refractivity contribution in [2.24, 2.45) is 4.99 Å². The molecule has 0 saturated carbocycles. The van der Waals surface area contributed by atoms with E-state index in [1.807, 2.05) is 84.9 Å². The molecule has 1 aliphatic rings. The summed E-state index contributed by atoms with van der Waals surface area (Å²) in [5.41, 5.74) is 4.06. The molecule has 0 bridgehead atoms. The van der Waals surface area contributed by atoms with Crippen LogP contribution in [0.5, 0.6) is 0 Å². The zero-order chi connectivity index (χ0) is 21.6. The maximum absolute atomic E-state index is 11.6. The molecule has 1 atom stereocenters. The fourth-order valence-corrected chi connectivity index (χ4v) is 3.45. The van der Waals surface area contributed by atoms with Gasteiger partial charge in [0.05, 0.1) is 16.8 Å². The molecular weight excluding hydrogens is 388 g/mol. The van der Waals surface area contributed by atoms with Gasteiger partial charge in [-0.05, 0) is 30.2 Å². The number of hydrogen-bond acceptors (Lipinski definition) is 3. The van der Waals surface area contributed by atoms with Crippen molar-refractivity contribution in [1.82, 2.24) is 4.98 Å². The summed E-state index contributed by atoms with van der Waals surface area (Å²) < 4.78 is 0. The minimum Gasteiger partial charge on any atom is -0.481 e. The number of aliphatic carboxylic acids is 1. The Labute approximate surface area is 179 Å². The molecule has 0 spiro atoms. The van der Waals surface area contributed by atoms with Gasteiger partial charge in [0.15, 0.2) is 0 Å². The second-order valence-corrected chi connectivity index (χ2v) is 7.16. The standard InChI is InChI=1S/C18H15NO2.C8H5NO/c20-18(21)15(12-13-6-2-1-3-7-13)17-11-10-14-8-4-5-9-16(14)19-17;10-8-7-4-2-1-3-6(7)5-9-8/h1-11,15H,12H2,(H,20,21);1-5H. The highest BCUT2D eigenvalue weighted by Crippen LogP contribution is 2.22. The molecule has 0 fully saturated rings. The van der Waals surface area contributed by atoms with Crippen molar-refractivity contribution in [3.8, 4) is 0 Å². The Bertz CT molecular complexity index is 1270. The number of nitrogens with zero attached hydrogens (tertiary/aromatic N) is 2. The van der Waals surface area contributed by atoms with E-state index in [1.54, 1.807) is 12.3 Å². The Morgan fingerprint density at radius 1 is 0.839 bits per heavy atom. The molecule has 1 unspecified atom stereocenters. The number of aromatic nitrogens is 1. The van der Waals surface area contributed by atoms with E-state index in [-0.39, 0.29) is 5.91 Å². The van der Waals surface area contributed by atoms with Gasteiger partial charge in [-0.15, -0.1) is 0 Å². The van der Waals surface area contributed by atoms with Gasteiger partial charge in [-0.25, -0.2) is 4.99 Å². The highest BCUT2D eigenvalue weighted by molar-refractivity contribution is 6.12. The summed E-state index contributed by atoms with van der Waals surface area (Å²) in [5.74, 6) is -1.60. The monoisotopic (exact) mass is 408 g/mol. The normalized spacial score (nSPS) is 12.7. The molecule has 4 aromatic rings. The van der Waals surface area contributed by atoms with E-state index in [0.29, 0.717) is 17.7 Å². The highest BCUT2D eigenvalue weighted by atomic mass is 16.4. The average Bonchev–Trinajstić information content (AvgIpc) is 3.19. The van der Waals surface area contributed by atoms with E-state index in [9.17, 15) is 14.7 Å². The lowest BCUT2D eigenvalue weighted by Gasteiger charge is -2.12. The maximum Gasteiger partial charge on any atom is 0.312 e. The Morgan fingerprint density at radius 3 is 2.32 bits per heavy atom. The zero-order valence-corrected chi connectivity index (χ0v) is 16.7. The molecule has 3 aromatic carbocycles. The van der Waals surface area contributed by atoms with Crippen molar-refractivity contribution in [2.45, 2.75) is 12.3 Å². The smallest absolute Gasteiger partial charge is 0.312 e. The van der Waals surface area contributed by atoms with E-state index >= 15 is 0 Å². The quantitative estimate of drug-likeness (QED) is 0.521. The van der Waals surface area contributed by atoms with Crippen LogP contribution in [0.4, 0.5) is 0 Å². The Morgan fingerprint density at radius 2 is 1.55 bits per heavy atom. The molecule has 1 N–H and O–H groups in total. The number of aliphatic imine (C=N–C) groups is 1. The molecule has 152 valence electrons. The van der Waals surface area contributed by atoms with Gasteiger partial charge in [-0.3, -0.25) is 14.6 Å². The summed E-state index contributed by atoms with van der Waals surface area (Å²) in [6.07, 6.45) is 2.04. The fraction of sp³-hybridized carbons (Fsp3) is 0.0769. The van der Waals surface area contributed by atoms with Crippen LogP contribution in [0.25, 0.3) is 10.9 Å². The summed E-state index contributed by atoms with van der Waals surface area (Å²) >= 11 is 0. The van der Waals surface area contributed by atoms with Gasteiger partial charge < -0.3 is 5.11 Å². The summed E-state index contributed by atoms with van der Waals surface area (Å²) in [6.45, 7) is 0. The minimum atomic E-state index is -0.846. The summed E-state index contributed by atoms with van der Waals surface area (Å²) in [4.78, 5) is 30.6. The van der Waals surface area contributed by atoms with Crippen molar-refractivity contribution in [3.63, 3.8) is 0 Å². The van der Waals surface area contributed by atoms with Crippen molar-refractivity contribution >= 4 is 29.0 Å². The number of benzene rings is 3. The number of carboxylic acid groups (broad SMARTS) is 1. The molecule has 1 amide bonds. The van der Waals surface area contributed by atoms with Gasteiger partial charge in [-0.2, -0.15) is 0 Å². The first-order valence-corrected chi connectivity index (χ1v) is 9.91. The number of amides is 1. The predicted octanol–water partition coefficient (Wildman–Crippen LogP) is 4.91. The molecule has 0 saturated heterocycles. The van der Waals surface area contributed by atoms with Crippen LogP contribution >= 0.6 is 0 Å². The Balaban J connectivity index is 0.000000192. The third-order valence-electron chi connectivity index (χ3n) is 5.07. The topological polar surface area (TPSA) is 79.6 Å². The molecule has 1 aliphatic heterocycles. The van der Waals surface area contributed by atoms with E-state index in [2.05, 4.69) is 9.98 Å². The largest absolute Gasteiger partial charge is 0.481 e. The van der Waals surface area contributed by atoms with E-state index in [0.717, 1.165) is 22.0 Å². The third kappa shape index (κ3) is 4.73. The average molecular weight is 408 g/mol. The number of pyridine rings is 1. The molecule has 5 nitrogen and oxygen atoms in total. The van der Waals surface area contributed by atoms with Crippen molar-refractivity contribution < 1.29 is 14.7 Å². The molecule has 2 heterocycles. The SMILES string of the molecule is O=C(O)C(Cc1ccccc1)c1ccc2ccccc2n1.O=C1N=Cc2ccccc21. The van der Waals surface area contributed by atoms with Gasteiger partial charge in [-0.1, -0.05) is 72.8 Å².